The van der Waals surface area contributed by atoms with Crippen LogP contribution in [0.5, 0.6) is 0 Å². The number of hydrogen-bond acceptors (Lipinski definition) is 4. The minimum absolute atomic E-state index is 0.899. The summed E-state index contributed by atoms with van der Waals surface area (Å²) in [6.07, 6.45) is 9.32. The van der Waals surface area contributed by atoms with Crippen LogP contribution in [0.15, 0.2) is 23.0 Å². The van der Waals surface area contributed by atoms with E-state index in [4.69, 9.17) is 4.42 Å². The molecule has 1 saturated heterocycles. The normalized spacial score (nSPS) is 22.6. The summed E-state index contributed by atoms with van der Waals surface area (Å²) in [6.45, 7) is 8.16. The molecule has 1 saturated carbocycles. The first-order valence-electron chi connectivity index (χ1n) is 8.10. The molecule has 2 fully saturated rings. The molecule has 0 radical (unpaired) electrons. The average molecular weight is 277 g/mol. The van der Waals surface area contributed by atoms with Crippen molar-refractivity contribution in [1.29, 1.82) is 0 Å². The van der Waals surface area contributed by atoms with Gasteiger partial charge in [0.1, 0.15) is 0 Å². The Bertz CT molecular complexity index is 365. The Morgan fingerprint density at radius 1 is 1.15 bits per heavy atom. The second-order valence-corrected chi connectivity index (χ2v) is 6.12. The Morgan fingerprint density at radius 2 is 1.95 bits per heavy atom. The summed E-state index contributed by atoms with van der Waals surface area (Å²) in [5.74, 6) is 0. The molecule has 0 amide bonds. The summed E-state index contributed by atoms with van der Waals surface area (Å²) in [7, 11) is 0. The predicted octanol–water partition coefficient (Wildman–Crippen LogP) is 1.93. The van der Waals surface area contributed by atoms with Crippen molar-refractivity contribution in [2.45, 2.75) is 38.3 Å². The first-order chi connectivity index (χ1) is 9.92. The smallest absolute Gasteiger partial charge is 0.0947 e. The van der Waals surface area contributed by atoms with E-state index >= 15 is 0 Å². The van der Waals surface area contributed by atoms with E-state index < -0.39 is 0 Å². The van der Waals surface area contributed by atoms with Gasteiger partial charge in [0.25, 0.3) is 0 Å². The molecule has 0 unspecified atom stereocenters. The quantitative estimate of drug-likeness (QED) is 0.805. The van der Waals surface area contributed by atoms with E-state index in [1.807, 2.05) is 12.3 Å². The third-order valence-electron chi connectivity index (χ3n) is 4.76. The zero-order chi connectivity index (χ0) is 13.6. The molecule has 2 heterocycles. The molecule has 112 valence electrons. The molecule has 4 nitrogen and oxygen atoms in total. The van der Waals surface area contributed by atoms with Crippen LogP contribution in [-0.4, -0.2) is 55.1 Å². The van der Waals surface area contributed by atoms with E-state index in [1.54, 1.807) is 6.26 Å². The van der Waals surface area contributed by atoms with E-state index in [-0.39, 0.29) is 0 Å². The fourth-order valence-corrected chi connectivity index (χ4v) is 3.48. The molecule has 0 atom stereocenters. The summed E-state index contributed by atoms with van der Waals surface area (Å²) < 4.78 is 5.07. The lowest BCUT2D eigenvalue weighted by Gasteiger charge is -2.38. The van der Waals surface area contributed by atoms with Crippen LogP contribution in [0.25, 0.3) is 0 Å². The second kappa shape index (κ2) is 7.25. The SMILES string of the molecule is c1cc(CNCCN2CCN(C3CCCC3)CC2)co1. The standard InChI is InChI=1S/C16H27N3O/c1-2-4-16(3-1)19-10-8-18(9-11-19)7-6-17-13-15-5-12-20-14-15/h5,12,14,16-17H,1-4,6-11,13H2. The number of furan rings is 1. The van der Waals surface area contributed by atoms with Crippen LogP contribution < -0.4 is 5.32 Å². The monoisotopic (exact) mass is 277 g/mol. The lowest BCUT2D eigenvalue weighted by Crippen LogP contribution is -2.50. The highest BCUT2D eigenvalue weighted by Gasteiger charge is 2.25. The third-order valence-corrected chi connectivity index (χ3v) is 4.76. The Hall–Kier alpha value is -0.840. The number of piperazine rings is 1. The minimum Gasteiger partial charge on any atom is -0.472 e. The molecule has 1 aromatic rings. The van der Waals surface area contributed by atoms with Gasteiger partial charge in [-0.2, -0.15) is 0 Å². The van der Waals surface area contributed by atoms with Gasteiger partial charge in [-0.05, 0) is 18.9 Å². The van der Waals surface area contributed by atoms with Gasteiger partial charge in [0.05, 0.1) is 12.5 Å². The van der Waals surface area contributed by atoms with Crippen LogP contribution >= 0.6 is 0 Å². The summed E-state index contributed by atoms with van der Waals surface area (Å²) in [5, 5.41) is 3.49. The van der Waals surface area contributed by atoms with Gasteiger partial charge in [0, 0.05) is 57.4 Å². The van der Waals surface area contributed by atoms with Gasteiger partial charge >= 0.3 is 0 Å². The zero-order valence-electron chi connectivity index (χ0n) is 12.4. The Balaban J connectivity index is 1.28. The van der Waals surface area contributed by atoms with Crippen molar-refractivity contribution in [3.05, 3.63) is 24.2 Å². The van der Waals surface area contributed by atoms with Crippen molar-refractivity contribution < 1.29 is 4.42 Å². The molecule has 0 aromatic carbocycles. The minimum atomic E-state index is 0.899. The first kappa shape index (κ1) is 14.1. The van der Waals surface area contributed by atoms with Crippen LogP contribution in [0, 0.1) is 0 Å². The van der Waals surface area contributed by atoms with Crippen LogP contribution in [0.4, 0.5) is 0 Å². The predicted molar refractivity (Wildman–Crippen MR) is 80.7 cm³/mol. The van der Waals surface area contributed by atoms with Crippen molar-refractivity contribution >= 4 is 0 Å². The van der Waals surface area contributed by atoms with E-state index in [0.29, 0.717) is 0 Å². The van der Waals surface area contributed by atoms with Crippen LogP contribution in [0.2, 0.25) is 0 Å². The van der Waals surface area contributed by atoms with Gasteiger partial charge in [0.15, 0.2) is 0 Å². The van der Waals surface area contributed by atoms with Gasteiger partial charge in [-0.1, -0.05) is 12.8 Å². The molecule has 1 aromatic heterocycles. The fraction of sp³-hybridized carbons (Fsp3) is 0.750. The summed E-state index contributed by atoms with van der Waals surface area (Å²) in [4.78, 5) is 5.32. The summed E-state index contributed by atoms with van der Waals surface area (Å²) in [5.41, 5.74) is 1.23. The van der Waals surface area contributed by atoms with Crippen molar-refractivity contribution in [3.8, 4) is 0 Å². The number of nitrogens with zero attached hydrogens (tertiary/aromatic N) is 2. The third kappa shape index (κ3) is 3.84. The number of nitrogens with one attached hydrogen (secondary N) is 1. The maximum atomic E-state index is 5.07. The molecule has 1 aliphatic carbocycles. The van der Waals surface area contributed by atoms with Gasteiger partial charge in [0.2, 0.25) is 0 Å². The van der Waals surface area contributed by atoms with Crippen LogP contribution in [0.3, 0.4) is 0 Å². The maximum Gasteiger partial charge on any atom is 0.0947 e. The van der Waals surface area contributed by atoms with Crippen molar-refractivity contribution in [2.24, 2.45) is 0 Å². The molecule has 3 rings (SSSR count). The Kier molecular flexibility index (Phi) is 5.12. The van der Waals surface area contributed by atoms with Gasteiger partial charge in [-0.25, -0.2) is 0 Å². The zero-order valence-corrected chi connectivity index (χ0v) is 12.4. The summed E-state index contributed by atoms with van der Waals surface area (Å²) >= 11 is 0. The summed E-state index contributed by atoms with van der Waals surface area (Å²) in [6, 6.07) is 2.92. The van der Waals surface area contributed by atoms with E-state index in [0.717, 1.165) is 25.7 Å². The van der Waals surface area contributed by atoms with E-state index in [9.17, 15) is 0 Å². The van der Waals surface area contributed by atoms with Gasteiger partial charge in [-0.15, -0.1) is 0 Å². The molecule has 20 heavy (non-hydrogen) atoms. The second-order valence-electron chi connectivity index (χ2n) is 6.12. The molecule has 1 aliphatic heterocycles. The van der Waals surface area contributed by atoms with Crippen LogP contribution in [0.1, 0.15) is 31.2 Å². The Morgan fingerprint density at radius 3 is 2.65 bits per heavy atom. The van der Waals surface area contributed by atoms with E-state index in [2.05, 4.69) is 15.1 Å². The number of hydrogen-bond donors (Lipinski definition) is 1. The topological polar surface area (TPSA) is 31.6 Å². The lowest BCUT2D eigenvalue weighted by atomic mass is 10.2. The van der Waals surface area contributed by atoms with Crippen LogP contribution in [-0.2, 0) is 6.54 Å². The van der Waals surface area contributed by atoms with Gasteiger partial charge in [-0.3, -0.25) is 9.80 Å². The molecule has 4 heteroatoms. The largest absolute Gasteiger partial charge is 0.472 e. The van der Waals surface area contributed by atoms with Crippen molar-refractivity contribution in [1.82, 2.24) is 15.1 Å². The molecule has 1 N–H and O–H groups in total. The molecular formula is C16H27N3O. The van der Waals surface area contributed by atoms with Crippen molar-refractivity contribution in [2.75, 3.05) is 39.3 Å². The highest BCUT2D eigenvalue weighted by Crippen LogP contribution is 2.24. The number of rotatable bonds is 6. The molecular weight excluding hydrogens is 250 g/mol. The lowest BCUT2D eigenvalue weighted by molar-refractivity contribution is 0.0984. The van der Waals surface area contributed by atoms with Crippen molar-refractivity contribution in [3.63, 3.8) is 0 Å². The van der Waals surface area contributed by atoms with E-state index in [1.165, 1.54) is 57.4 Å². The van der Waals surface area contributed by atoms with Gasteiger partial charge < -0.3 is 9.73 Å². The maximum absolute atomic E-state index is 5.07. The average Bonchev–Trinajstić information content (AvgIpc) is 3.17. The Labute approximate surface area is 122 Å². The fourth-order valence-electron chi connectivity index (χ4n) is 3.48. The highest BCUT2D eigenvalue weighted by molar-refractivity contribution is 5.04. The molecule has 0 spiro atoms. The first-order valence-corrected chi connectivity index (χ1v) is 8.10. The highest BCUT2D eigenvalue weighted by atomic mass is 16.3. The molecule has 2 aliphatic rings. The molecule has 0 bridgehead atoms.